The summed E-state index contributed by atoms with van der Waals surface area (Å²) in [6, 6.07) is 3.82. The van der Waals surface area contributed by atoms with Gasteiger partial charge in [-0.1, -0.05) is 30.3 Å². The predicted octanol–water partition coefficient (Wildman–Crippen LogP) is -1.97. The van der Waals surface area contributed by atoms with Crippen molar-refractivity contribution in [2.45, 2.75) is 63.2 Å². The molecule has 0 fully saturated rings. The summed E-state index contributed by atoms with van der Waals surface area (Å²) in [5.74, 6) is -4.95. The Balaban J connectivity index is 3.02. The Morgan fingerprint density at radius 1 is 0.865 bits per heavy atom. The van der Waals surface area contributed by atoms with Gasteiger partial charge in [0.2, 0.25) is 17.7 Å². The summed E-state index contributed by atoms with van der Waals surface area (Å²) in [5.41, 5.74) is 16.8. The summed E-state index contributed by atoms with van der Waals surface area (Å²) in [7, 11) is 0. The lowest BCUT2D eigenvalue weighted by Gasteiger charge is -2.24. The number of nitrogens with two attached hydrogens (primary N) is 3. The second-order valence-corrected chi connectivity index (χ2v) is 8.38. The molecule has 37 heavy (non-hydrogen) atoms. The smallest absolute Gasteiger partial charge is 0.326 e. The number of nitrogens with one attached hydrogen (secondary N) is 3. The molecule has 0 spiro atoms. The van der Waals surface area contributed by atoms with Crippen LogP contribution in [0.15, 0.2) is 35.3 Å². The van der Waals surface area contributed by atoms with Gasteiger partial charge in [0, 0.05) is 19.4 Å². The van der Waals surface area contributed by atoms with Crippen molar-refractivity contribution in [1.29, 1.82) is 0 Å². The van der Waals surface area contributed by atoms with Crippen LogP contribution < -0.4 is 33.2 Å². The Labute approximate surface area is 214 Å². The van der Waals surface area contributed by atoms with E-state index >= 15 is 0 Å². The molecule has 1 aromatic rings. The molecule has 4 unspecified atom stereocenters. The molecule has 0 saturated heterocycles. The van der Waals surface area contributed by atoms with E-state index in [2.05, 4.69) is 20.9 Å². The Hall–Kier alpha value is -4.20. The molecule has 0 radical (unpaired) electrons. The summed E-state index contributed by atoms with van der Waals surface area (Å²) < 4.78 is 0. The van der Waals surface area contributed by atoms with Crippen molar-refractivity contribution in [1.82, 2.24) is 16.0 Å². The highest BCUT2D eigenvalue weighted by Gasteiger charge is 2.30. The summed E-state index contributed by atoms with van der Waals surface area (Å²) in [6.07, 6.45) is -0.443. The second-order valence-electron chi connectivity index (χ2n) is 8.38. The van der Waals surface area contributed by atoms with Crippen molar-refractivity contribution in [2.24, 2.45) is 22.2 Å². The van der Waals surface area contributed by atoms with Gasteiger partial charge < -0.3 is 43.4 Å². The molecule has 1 aromatic carbocycles. The first kappa shape index (κ1) is 30.8. The number of benzene rings is 1. The van der Waals surface area contributed by atoms with Crippen LogP contribution in [0.5, 0.6) is 0 Å². The maximum Gasteiger partial charge on any atom is 0.326 e. The van der Waals surface area contributed by atoms with Crippen molar-refractivity contribution in [2.75, 3.05) is 6.54 Å². The number of carbonyl (C=O) groups excluding carboxylic acids is 3. The van der Waals surface area contributed by atoms with E-state index in [0.29, 0.717) is 12.0 Å². The molecular weight excluding hydrogens is 486 g/mol. The Kier molecular flexibility index (Phi) is 13.1. The largest absolute Gasteiger partial charge is 0.481 e. The lowest BCUT2D eigenvalue weighted by molar-refractivity contribution is -0.143. The molecule has 14 heteroatoms. The van der Waals surface area contributed by atoms with Gasteiger partial charge in [-0.3, -0.25) is 24.2 Å². The topological polar surface area (TPSA) is 252 Å². The lowest BCUT2D eigenvalue weighted by Crippen LogP contribution is -2.57. The zero-order valence-electron chi connectivity index (χ0n) is 20.6. The van der Waals surface area contributed by atoms with Gasteiger partial charge in [-0.05, 0) is 31.7 Å². The minimum absolute atomic E-state index is 0.0284. The molecule has 0 aliphatic carbocycles. The standard InChI is InChI=1S/C23H35N7O7/c1-13(24)19(33)28-15(8-5-11-27-23(25)26)20(34)29-16(9-10-18(31)32)21(35)30-17(22(36)37)12-14-6-3-2-4-7-14/h2-4,6-7,13,15-17H,5,8-12,24H2,1H3,(H,28,33)(H,29,34)(H,30,35)(H,31,32)(H,36,37)(H4,25,26,27). The number of guanidine groups is 1. The van der Waals surface area contributed by atoms with Gasteiger partial charge >= 0.3 is 11.9 Å². The minimum atomic E-state index is -1.38. The summed E-state index contributed by atoms with van der Waals surface area (Å²) in [5, 5.41) is 25.9. The third-order valence-electron chi connectivity index (χ3n) is 5.17. The predicted molar refractivity (Wildman–Crippen MR) is 134 cm³/mol. The fourth-order valence-electron chi connectivity index (χ4n) is 3.21. The normalized spacial score (nSPS) is 13.8. The van der Waals surface area contributed by atoms with Crippen LogP contribution in [0.2, 0.25) is 0 Å². The fourth-order valence-corrected chi connectivity index (χ4v) is 3.21. The van der Waals surface area contributed by atoms with Crippen molar-refractivity contribution in [3.63, 3.8) is 0 Å². The van der Waals surface area contributed by atoms with Gasteiger partial charge in [-0.2, -0.15) is 0 Å². The summed E-state index contributed by atoms with van der Waals surface area (Å²) >= 11 is 0. The maximum absolute atomic E-state index is 13.0. The Morgan fingerprint density at radius 3 is 1.92 bits per heavy atom. The monoisotopic (exact) mass is 521 g/mol. The van der Waals surface area contributed by atoms with Crippen molar-refractivity contribution in [3.05, 3.63) is 35.9 Å². The SMILES string of the molecule is CC(N)C(=O)NC(CCCN=C(N)N)C(=O)NC(CCC(=O)O)C(=O)NC(Cc1ccccc1)C(=O)O. The van der Waals surface area contributed by atoms with E-state index in [-0.39, 0.29) is 31.8 Å². The average molecular weight is 522 g/mol. The van der Waals surface area contributed by atoms with Gasteiger partial charge in [0.1, 0.15) is 18.1 Å². The van der Waals surface area contributed by atoms with E-state index in [0.717, 1.165) is 0 Å². The molecular formula is C23H35N7O7. The van der Waals surface area contributed by atoms with E-state index in [1.165, 1.54) is 6.92 Å². The third-order valence-corrected chi connectivity index (χ3v) is 5.17. The van der Waals surface area contributed by atoms with Crippen molar-refractivity contribution >= 4 is 35.6 Å². The number of carbonyl (C=O) groups is 5. The number of nitrogens with zero attached hydrogens (tertiary/aromatic N) is 1. The zero-order chi connectivity index (χ0) is 28.0. The number of rotatable bonds is 16. The molecule has 0 bridgehead atoms. The maximum atomic E-state index is 13.0. The highest BCUT2D eigenvalue weighted by Crippen LogP contribution is 2.07. The molecule has 0 aliphatic heterocycles. The van der Waals surface area contributed by atoms with Crippen LogP contribution in [0, 0.1) is 0 Å². The van der Waals surface area contributed by atoms with Crippen LogP contribution in [0.1, 0.15) is 38.2 Å². The Morgan fingerprint density at radius 2 is 1.41 bits per heavy atom. The van der Waals surface area contributed by atoms with E-state index in [1.807, 2.05) is 0 Å². The first-order chi connectivity index (χ1) is 17.4. The number of hydrogen-bond acceptors (Lipinski definition) is 7. The molecule has 0 heterocycles. The van der Waals surface area contributed by atoms with Gasteiger partial charge in [0.05, 0.1) is 6.04 Å². The number of hydrogen-bond donors (Lipinski definition) is 8. The molecule has 14 nitrogen and oxygen atoms in total. The van der Waals surface area contributed by atoms with E-state index in [9.17, 15) is 29.1 Å². The molecule has 204 valence electrons. The van der Waals surface area contributed by atoms with Gasteiger partial charge in [-0.15, -0.1) is 0 Å². The number of carboxylic acid groups (broad SMARTS) is 2. The van der Waals surface area contributed by atoms with E-state index in [4.69, 9.17) is 22.3 Å². The first-order valence-electron chi connectivity index (χ1n) is 11.6. The van der Waals surface area contributed by atoms with Crippen LogP contribution in [0.4, 0.5) is 0 Å². The van der Waals surface area contributed by atoms with Gasteiger partial charge in [-0.25, -0.2) is 4.79 Å². The van der Waals surface area contributed by atoms with E-state index in [1.54, 1.807) is 30.3 Å². The molecule has 0 aliphatic rings. The highest BCUT2D eigenvalue weighted by molar-refractivity contribution is 5.94. The van der Waals surface area contributed by atoms with Crippen LogP contribution in [0.25, 0.3) is 0 Å². The van der Waals surface area contributed by atoms with Crippen molar-refractivity contribution in [3.8, 4) is 0 Å². The number of aliphatic carboxylic acids is 2. The van der Waals surface area contributed by atoms with Gasteiger partial charge in [0.15, 0.2) is 5.96 Å². The van der Waals surface area contributed by atoms with Gasteiger partial charge in [0.25, 0.3) is 0 Å². The van der Waals surface area contributed by atoms with Crippen LogP contribution in [-0.2, 0) is 30.4 Å². The number of aliphatic imine (C=N–C) groups is 1. The van der Waals surface area contributed by atoms with Crippen LogP contribution in [-0.4, -0.2) is 76.5 Å². The average Bonchev–Trinajstić information content (AvgIpc) is 2.82. The minimum Gasteiger partial charge on any atom is -0.481 e. The molecule has 0 aromatic heterocycles. The molecule has 3 amide bonds. The second kappa shape index (κ2) is 15.7. The lowest BCUT2D eigenvalue weighted by atomic mass is 10.0. The fraction of sp³-hybridized carbons (Fsp3) is 0.478. The van der Waals surface area contributed by atoms with Crippen molar-refractivity contribution < 1.29 is 34.2 Å². The molecule has 0 saturated carbocycles. The molecule has 4 atom stereocenters. The highest BCUT2D eigenvalue weighted by atomic mass is 16.4. The van der Waals surface area contributed by atoms with Crippen LogP contribution >= 0.6 is 0 Å². The number of carboxylic acids is 2. The first-order valence-corrected chi connectivity index (χ1v) is 11.6. The summed E-state index contributed by atoms with van der Waals surface area (Å²) in [6.45, 7) is 1.59. The number of amides is 3. The Bertz CT molecular complexity index is 965. The van der Waals surface area contributed by atoms with Crippen LogP contribution in [0.3, 0.4) is 0 Å². The molecule has 1 rings (SSSR count). The quantitative estimate of drug-likeness (QED) is 0.0676. The zero-order valence-corrected chi connectivity index (χ0v) is 20.6. The van der Waals surface area contributed by atoms with E-state index < -0.39 is 60.2 Å². The summed E-state index contributed by atoms with van der Waals surface area (Å²) in [4.78, 5) is 64.8. The molecule has 11 N–H and O–H groups in total. The third kappa shape index (κ3) is 12.4.